The van der Waals surface area contributed by atoms with E-state index in [1.165, 1.54) is 18.2 Å². The summed E-state index contributed by atoms with van der Waals surface area (Å²) in [7, 11) is 0. The number of hydrogen-bond donors (Lipinski definition) is 3. The van der Waals surface area contributed by atoms with Gasteiger partial charge in [0.05, 0.1) is 11.3 Å². The SMILES string of the molecule is O=C(COc1ccc(Cl)cc1)Nc1cccc(C(=O)Nc2ccccc2C(=O)O)c1. The van der Waals surface area contributed by atoms with Gasteiger partial charge < -0.3 is 20.5 Å². The first kappa shape index (κ1) is 20.9. The van der Waals surface area contributed by atoms with Crippen LogP contribution >= 0.6 is 11.6 Å². The number of carboxylic acids is 1. The fraction of sp³-hybridized carbons (Fsp3) is 0.0455. The van der Waals surface area contributed by atoms with Gasteiger partial charge in [0.15, 0.2) is 6.61 Å². The molecule has 0 saturated heterocycles. The Balaban J connectivity index is 1.62. The topological polar surface area (TPSA) is 105 Å². The first-order chi connectivity index (χ1) is 14.4. The third-order valence-corrected chi connectivity index (χ3v) is 4.25. The minimum atomic E-state index is -1.15. The van der Waals surface area contributed by atoms with Gasteiger partial charge in [0.1, 0.15) is 5.75 Å². The molecule has 8 heteroatoms. The van der Waals surface area contributed by atoms with Crippen molar-refractivity contribution in [3.8, 4) is 5.75 Å². The summed E-state index contributed by atoms with van der Waals surface area (Å²) in [6, 6.07) is 19.0. The number of ether oxygens (including phenoxy) is 1. The number of hydrogen-bond acceptors (Lipinski definition) is 4. The van der Waals surface area contributed by atoms with Crippen LogP contribution in [0.2, 0.25) is 5.02 Å². The molecule has 0 bridgehead atoms. The maximum absolute atomic E-state index is 12.5. The molecule has 0 aliphatic heterocycles. The summed E-state index contributed by atoms with van der Waals surface area (Å²) in [6.07, 6.45) is 0. The number of rotatable bonds is 7. The molecule has 0 aliphatic rings. The van der Waals surface area contributed by atoms with Crippen LogP contribution < -0.4 is 15.4 Å². The average molecular weight is 425 g/mol. The molecule has 152 valence electrons. The van der Waals surface area contributed by atoms with E-state index in [1.807, 2.05) is 0 Å². The van der Waals surface area contributed by atoms with Crippen LogP contribution in [0, 0.1) is 0 Å². The molecule has 7 nitrogen and oxygen atoms in total. The molecular weight excluding hydrogens is 408 g/mol. The number of halogens is 1. The second kappa shape index (κ2) is 9.58. The van der Waals surface area contributed by atoms with Gasteiger partial charge in [-0.15, -0.1) is 0 Å². The van der Waals surface area contributed by atoms with Gasteiger partial charge in [0, 0.05) is 16.3 Å². The maximum atomic E-state index is 12.5. The average Bonchev–Trinajstić information content (AvgIpc) is 2.74. The molecule has 0 unspecified atom stereocenters. The van der Waals surface area contributed by atoms with Crippen LogP contribution in [-0.4, -0.2) is 29.5 Å². The molecule has 2 amide bonds. The number of carboxylic acid groups (broad SMARTS) is 1. The summed E-state index contributed by atoms with van der Waals surface area (Å²) in [5, 5.41) is 15.0. The Morgan fingerprint density at radius 2 is 1.63 bits per heavy atom. The van der Waals surface area contributed by atoms with Gasteiger partial charge in [-0.1, -0.05) is 29.8 Å². The third-order valence-electron chi connectivity index (χ3n) is 4.00. The van der Waals surface area contributed by atoms with E-state index in [2.05, 4.69) is 10.6 Å². The normalized spacial score (nSPS) is 10.2. The van der Waals surface area contributed by atoms with E-state index < -0.39 is 17.8 Å². The summed E-state index contributed by atoms with van der Waals surface area (Å²) in [5.74, 6) is -1.55. The number of benzene rings is 3. The number of carbonyl (C=O) groups excluding carboxylic acids is 2. The number of amides is 2. The van der Waals surface area contributed by atoms with Crippen LogP contribution in [0.5, 0.6) is 5.75 Å². The molecule has 0 saturated carbocycles. The van der Waals surface area contributed by atoms with Crippen molar-refractivity contribution in [1.82, 2.24) is 0 Å². The molecule has 0 aliphatic carbocycles. The number of para-hydroxylation sites is 1. The van der Waals surface area contributed by atoms with Gasteiger partial charge in [-0.3, -0.25) is 9.59 Å². The van der Waals surface area contributed by atoms with Gasteiger partial charge in [0.2, 0.25) is 0 Å². The van der Waals surface area contributed by atoms with E-state index in [1.54, 1.807) is 54.6 Å². The molecule has 30 heavy (non-hydrogen) atoms. The molecule has 3 aromatic rings. The lowest BCUT2D eigenvalue weighted by Crippen LogP contribution is -2.20. The van der Waals surface area contributed by atoms with Gasteiger partial charge in [-0.05, 0) is 54.6 Å². The summed E-state index contributed by atoms with van der Waals surface area (Å²) in [5.41, 5.74) is 0.820. The zero-order valence-corrected chi connectivity index (χ0v) is 16.3. The van der Waals surface area contributed by atoms with E-state index in [4.69, 9.17) is 16.3 Å². The number of aromatic carboxylic acids is 1. The highest BCUT2D eigenvalue weighted by Gasteiger charge is 2.14. The molecule has 3 N–H and O–H groups in total. The van der Waals surface area contributed by atoms with Crippen molar-refractivity contribution in [2.24, 2.45) is 0 Å². The number of carbonyl (C=O) groups is 3. The second-order valence-corrected chi connectivity index (χ2v) is 6.61. The first-order valence-corrected chi connectivity index (χ1v) is 9.22. The van der Waals surface area contributed by atoms with Gasteiger partial charge >= 0.3 is 5.97 Å². The highest BCUT2D eigenvalue weighted by molar-refractivity contribution is 6.30. The van der Waals surface area contributed by atoms with E-state index in [-0.39, 0.29) is 23.4 Å². The van der Waals surface area contributed by atoms with E-state index in [9.17, 15) is 19.5 Å². The standard InChI is InChI=1S/C22H17ClN2O5/c23-15-8-10-17(11-9-15)30-13-20(26)24-16-5-3-4-14(12-16)21(27)25-19-7-2-1-6-18(19)22(28)29/h1-12H,13H2,(H,24,26)(H,25,27)(H,28,29). The summed E-state index contributed by atoms with van der Waals surface area (Å²) in [6.45, 7) is -0.218. The van der Waals surface area contributed by atoms with Crippen LogP contribution in [0.4, 0.5) is 11.4 Å². The van der Waals surface area contributed by atoms with Crippen LogP contribution in [-0.2, 0) is 4.79 Å². The Morgan fingerprint density at radius 3 is 2.37 bits per heavy atom. The summed E-state index contributed by atoms with van der Waals surface area (Å²) >= 11 is 5.80. The molecular formula is C22H17ClN2O5. The molecule has 3 aromatic carbocycles. The van der Waals surface area contributed by atoms with Gasteiger partial charge in [0.25, 0.3) is 11.8 Å². The van der Waals surface area contributed by atoms with Gasteiger partial charge in [-0.2, -0.15) is 0 Å². The van der Waals surface area contributed by atoms with E-state index in [0.717, 1.165) is 0 Å². The zero-order valence-electron chi connectivity index (χ0n) is 15.6. The molecule has 0 fully saturated rings. The highest BCUT2D eigenvalue weighted by atomic mass is 35.5. The first-order valence-electron chi connectivity index (χ1n) is 8.84. The fourth-order valence-electron chi connectivity index (χ4n) is 2.59. The lowest BCUT2D eigenvalue weighted by molar-refractivity contribution is -0.118. The van der Waals surface area contributed by atoms with Gasteiger partial charge in [-0.25, -0.2) is 4.79 Å². The lowest BCUT2D eigenvalue weighted by atomic mass is 10.1. The van der Waals surface area contributed by atoms with Crippen molar-refractivity contribution in [2.45, 2.75) is 0 Å². The van der Waals surface area contributed by atoms with Crippen molar-refractivity contribution in [3.05, 3.63) is 88.9 Å². The van der Waals surface area contributed by atoms with Crippen molar-refractivity contribution in [2.75, 3.05) is 17.2 Å². The quantitative estimate of drug-likeness (QED) is 0.524. The largest absolute Gasteiger partial charge is 0.484 e. The van der Waals surface area contributed by atoms with Crippen molar-refractivity contribution in [3.63, 3.8) is 0 Å². The predicted molar refractivity (Wildman–Crippen MR) is 113 cm³/mol. The molecule has 0 aromatic heterocycles. The molecule has 0 atom stereocenters. The molecule has 0 radical (unpaired) electrons. The number of nitrogens with one attached hydrogen (secondary N) is 2. The van der Waals surface area contributed by atoms with Crippen molar-refractivity contribution in [1.29, 1.82) is 0 Å². The Labute approximate surface area is 177 Å². The molecule has 0 heterocycles. The van der Waals surface area contributed by atoms with Crippen LogP contribution in [0.3, 0.4) is 0 Å². The van der Waals surface area contributed by atoms with Crippen LogP contribution in [0.25, 0.3) is 0 Å². The minimum absolute atomic E-state index is 0.0188. The zero-order chi connectivity index (χ0) is 21.5. The van der Waals surface area contributed by atoms with Crippen molar-refractivity contribution < 1.29 is 24.2 Å². The second-order valence-electron chi connectivity index (χ2n) is 6.18. The Hall–Kier alpha value is -3.84. The smallest absolute Gasteiger partial charge is 0.337 e. The minimum Gasteiger partial charge on any atom is -0.484 e. The monoisotopic (exact) mass is 424 g/mol. The van der Waals surface area contributed by atoms with Crippen molar-refractivity contribution >= 4 is 40.8 Å². The van der Waals surface area contributed by atoms with E-state index in [0.29, 0.717) is 16.5 Å². The maximum Gasteiger partial charge on any atom is 0.337 e. The number of anilines is 2. The third kappa shape index (κ3) is 5.59. The summed E-state index contributed by atoms with van der Waals surface area (Å²) < 4.78 is 5.38. The Bertz CT molecular complexity index is 1080. The highest BCUT2D eigenvalue weighted by Crippen LogP contribution is 2.18. The van der Waals surface area contributed by atoms with Crippen LogP contribution in [0.1, 0.15) is 20.7 Å². The predicted octanol–water partition coefficient (Wildman–Crippen LogP) is 4.31. The van der Waals surface area contributed by atoms with E-state index >= 15 is 0 Å². The fourth-order valence-corrected chi connectivity index (χ4v) is 2.71. The molecule has 3 rings (SSSR count). The Kier molecular flexibility index (Phi) is 6.67. The molecule has 0 spiro atoms. The Morgan fingerprint density at radius 1 is 0.900 bits per heavy atom. The summed E-state index contributed by atoms with van der Waals surface area (Å²) in [4.78, 5) is 35.9. The van der Waals surface area contributed by atoms with Crippen LogP contribution in [0.15, 0.2) is 72.8 Å². The lowest BCUT2D eigenvalue weighted by Gasteiger charge is -2.10.